The molecule has 3 rings (SSSR count). The Hall–Kier alpha value is -1.62. The molecule has 2 aliphatic heterocycles. The molecule has 2 aliphatic rings. The minimum atomic E-state index is -0.0526. The van der Waals surface area contributed by atoms with Crippen LogP contribution in [0.15, 0.2) is 18.5 Å². The molecule has 1 aromatic rings. The van der Waals surface area contributed by atoms with E-state index in [9.17, 15) is 4.79 Å². The van der Waals surface area contributed by atoms with Gasteiger partial charge in [-0.25, -0.2) is 0 Å². The SMILES string of the molecule is CCNC(=O)c1cncc(N2CC3(CCOCC3)C2)c1. The molecule has 0 aliphatic carbocycles. The maximum atomic E-state index is 11.8. The molecule has 0 bridgehead atoms. The van der Waals surface area contributed by atoms with Gasteiger partial charge in [0.25, 0.3) is 5.91 Å². The number of ether oxygens (including phenoxy) is 1. The highest BCUT2D eigenvalue weighted by atomic mass is 16.5. The van der Waals surface area contributed by atoms with Crippen LogP contribution in [0.25, 0.3) is 0 Å². The highest BCUT2D eigenvalue weighted by molar-refractivity contribution is 5.94. The molecule has 20 heavy (non-hydrogen) atoms. The van der Waals surface area contributed by atoms with Crippen molar-refractivity contribution in [2.75, 3.05) is 37.7 Å². The van der Waals surface area contributed by atoms with E-state index in [1.807, 2.05) is 19.2 Å². The standard InChI is InChI=1S/C15H21N3O2/c1-2-17-14(19)12-7-13(9-16-8-12)18-10-15(11-18)3-5-20-6-4-15/h7-9H,2-6,10-11H2,1H3,(H,17,19). The summed E-state index contributed by atoms with van der Waals surface area (Å²) in [4.78, 5) is 18.3. The fraction of sp³-hybridized carbons (Fsp3) is 0.600. The third-order valence-electron chi connectivity index (χ3n) is 4.29. The average Bonchev–Trinajstić information content (AvgIpc) is 2.46. The van der Waals surface area contributed by atoms with Gasteiger partial charge in [-0.15, -0.1) is 0 Å². The van der Waals surface area contributed by atoms with E-state index < -0.39 is 0 Å². The summed E-state index contributed by atoms with van der Waals surface area (Å²) in [5.41, 5.74) is 2.11. The quantitative estimate of drug-likeness (QED) is 0.907. The lowest BCUT2D eigenvalue weighted by Crippen LogP contribution is -2.58. The summed E-state index contributed by atoms with van der Waals surface area (Å²) >= 11 is 0. The van der Waals surface area contributed by atoms with E-state index in [1.54, 1.807) is 6.20 Å². The molecular weight excluding hydrogens is 254 g/mol. The number of hydrogen-bond donors (Lipinski definition) is 1. The van der Waals surface area contributed by atoms with Gasteiger partial charge in [-0.2, -0.15) is 0 Å². The zero-order valence-corrected chi connectivity index (χ0v) is 11.9. The molecule has 5 heteroatoms. The number of hydrogen-bond acceptors (Lipinski definition) is 4. The van der Waals surface area contributed by atoms with E-state index in [0.717, 1.165) is 44.8 Å². The van der Waals surface area contributed by atoms with E-state index >= 15 is 0 Å². The summed E-state index contributed by atoms with van der Waals surface area (Å²) in [6.07, 6.45) is 5.76. The van der Waals surface area contributed by atoms with Crippen LogP contribution in [-0.2, 0) is 4.74 Å². The zero-order chi connectivity index (χ0) is 14.0. The summed E-state index contributed by atoms with van der Waals surface area (Å²) in [7, 11) is 0. The van der Waals surface area contributed by atoms with E-state index in [-0.39, 0.29) is 5.91 Å². The smallest absolute Gasteiger partial charge is 0.252 e. The van der Waals surface area contributed by atoms with Gasteiger partial charge in [-0.3, -0.25) is 9.78 Å². The number of nitrogens with zero attached hydrogens (tertiary/aromatic N) is 2. The van der Waals surface area contributed by atoms with Crippen LogP contribution >= 0.6 is 0 Å². The summed E-state index contributed by atoms with van der Waals surface area (Å²) in [5, 5.41) is 2.81. The first kappa shape index (κ1) is 13.4. The lowest BCUT2D eigenvalue weighted by molar-refractivity contribution is -0.000210. The third kappa shape index (κ3) is 2.50. The second-order valence-electron chi connectivity index (χ2n) is 5.76. The fourth-order valence-electron chi connectivity index (χ4n) is 3.05. The van der Waals surface area contributed by atoms with Gasteiger partial charge >= 0.3 is 0 Å². The molecule has 1 amide bonds. The molecule has 0 atom stereocenters. The van der Waals surface area contributed by atoms with Crippen molar-refractivity contribution in [2.24, 2.45) is 5.41 Å². The van der Waals surface area contributed by atoms with Crippen molar-refractivity contribution in [2.45, 2.75) is 19.8 Å². The van der Waals surface area contributed by atoms with Gasteiger partial charge in [0.05, 0.1) is 17.4 Å². The van der Waals surface area contributed by atoms with E-state index in [2.05, 4.69) is 15.2 Å². The maximum Gasteiger partial charge on any atom is 0.252 e. The predicted octanol–water partition coefficient (Wildman–Crippen LogP) is 1.45. The van der Waals surface area contributed by atoms with Crippen molar-refractivity contribution >= 4 is 11.6 Å². The predicted molar refractivity (Wildman–Crippen MR) is 76.9 cm³/mol. The van der Waals surface area contributed by atoms with Crippen LogP contribution in [0.3, 0.4) is 0 Å². The number of rotatable bonds is 3. The fourth-order valence-corrected chi connectivity index (χ4v) is 3.05. The van der Waals surface area contributed by atoms with Crippen molar-refractivity contribution in [1.29, 1.82) is 0 Å². The minimum absolute atomic E-state index is 0.0526. The van der Waals surface area contributed by atoms with Gasteiger partial charge in [-0.1, -0.05) is 0 Å². The summed E-state index contributed by atoms with van der Waals surface area (Å²) < 4.78 is 5.44. The summed E-state index contributed by atoms with van der Waals surface area (Å²) in [5.74, 6) is -0.0526. The Balaban J connectivity index is 1.67. The normalized spacial score (nSPS) is 20.6. The second-order valence-corrected chi connectivity index (χ2v) is 5.76. The Morgan fingerprint density at radius 2 is 2.15 bits per heavy atom. The number of aromatic nitrogens is 1. The third-order valence-corrected chi connectivity index (χ3v) is 4.29. The second kappa shape index (κ2) is 5.40. The van der Waals surface area contributed by atoms with E-state index in [0.29, 0.717) is 17.5 Å². The Kier molecular flexibility index (Phi) is 3.61. The molecule has 3 heterocycles. The molecular formula is C15H21N3O2. The highest BCUT2D eigenvalue weighted by Crippen LogP contribution is 2.41. The van der Waals surface area contributed by atoms with E-state index in [1.165, 1.54) is 0 Å². The Bertz CT molecular complexity index is 490. The van der Waals surface area contributed by atoms with Gasteiger partial charge in [0, 0.05) is 44.5 Å². The minimum Gasteiger partial charge on any atom is -0.381 e. The number of anilines is 1. The monoisotopic (exact) mass is 275 g/mol. The number of carbonyl (C=O) groups is 1. The Morgan fingerprint density at radius 3 is 2.85 bits per heavy atom. The lowest BCUT2D eigenvalue weighted by Gasteiger charge is -2.53. The summed E-state index contributed by atoms with van der Waals surface area (Å²) in [6, 6.07) is 1.93. The van der Waals surface area contributed by atoms with Crippen molar-refractivity contribution in [3.63, 3.8) is 0 Å². The van der Waals surface area contributed by atoms with Crippen LogP contribution in [0.1, 0.15) is 30.1 Å². The van der Waals surface area contributed by atoms with Gasteiger partial charge < -0.3 is 15.0 Å². The van der Waals surface area contributed by atoms with Crippen LogP contribution in [0, 0.1) is 5.41 Å². The average molecular weight is 275 g/mol. The van der Waals surface area contributed by atoms with Crippen LogP contribution in [0.2, 0.25) is 0 Å². The van der Waals surface area contributed by atoms with Crippen molar-refractivity contribution in [3.8, 4) is 0 Å². The van der Waals surface area contributed by atoms with Crippen LogP contribution in [0.5, 0.6) is 0 Å². The maximum absolute atomic E-state index is 11.8. The lowest BCUT2D eigenvalue weighted by atomic mass is 9.73. The van der Waals surface area contributed by atoms with Gasteiger partial charge in [0.2, 0.25) is 0 Å². The molecule has 1 aromatic heterocycles. The van der Waals surface area contributed by atoms with Crippen LogP contribution < -0.4 is 10.2 Å². The molecule has 0 radical (unpaired) electrons. The van der Waals surface area contributed by atoms with Gasteiger partial charge in [0.15, 0.2) is 0 Å². The van der Waals surface area contributed by atoms with Gasteiger partial charge in [0.1, 0.15) is 0 Å². The molecule has 2 fully saturated rings. The molecule has 1 spiro atoms. The van der Waals surface area contributed by atoms with Crippen molar-refractivity contribution < 1.29 is 9.53 Å². The van der Waals surface area contributed by atoms with Crippen LogP contribution in [0.4, 0.5) is 5.69 Å². The zero-order valence-electron chi connectivity index (χ0n) is 11.9. The molecule has 0 unspecified atom stereocenters. The molecule has 0 aromatic carbocycles. The van der Waals surface area contributed by atoms with Crippen molar-refractivity contribution in [3.05, 3.63) is 24.0 Å². The first-order valence-electron chi connectivity index (χ1n) is 7.28. The Morgan fingerprint density at radius 1 is 1.40 bits per heavy atom. The number of carbonyl (C=O) groups excluding carboxylic acids is 1. The number of amides is 1. The molecule has 108 valence electrons. The molecule has 0 saturated carbocycles. The molecule has 5 nitrogen and oxygen atoms in total. The topological polar surface area (TPSA) is 54.5 Å². The number of nitrogens with one attached hydrogen (secondary N) is 1. The van der Waals surface area contributed by atoms with Gasteiger partial charge in [-0.05, 0) is 25.8 Å². The highest BCUT2D eigenvalue weighted by Gasteiger charge is 2.43. The van der Waals surface area contributed by atoms with Crippen molar-refractivity contribution in [1.82, 2.24) is 10.3 Å². The first-order chi connectivity index (χ1) is 9.72. The molecule has 1 N–H and O–H groups in total. The molecule has 2 saturated heterocycles. The summed E-state index contributed by atoms with van der Waals surface area (Å²) in [6.45, 7) is 6.42. The number of pyridine rings is 1. The van der Waals surface area contributed by atoms with E-state index in [4.69, 9.17) is 4.74 Å². The van der Waals surface area contributed by atoms with Crippen LogP contribution in [-0.4, -0.2) is 43.7 Å². The first-order valence-corrected chi connectivity index (χ1v) is 7.28. The Labute approximate surface area is 119 Å². The largest absolute Gasteiger partial charge is 0.381 e.